The maximum Gasteiger partial charge on any atom is 0.128 e. The summed E-state index contributed by atoms with van der Waals surface area (Å²) in [5, 5.41) is 4.04. The quantitative estimate of drug-likeness (QED) is 0.875. The number of rotatable bonds is 6. The molecule has 0 aliphatic carbocycles. The van der Waals surface area contributed by atoms with E-state index in [1.807, 2.05) is 12.1 Å². The molecule has 0 atom stereocenters. The number of anilines is 1. The molecule has 2 rings (SSSR count). The predicted molar refractivity (Wildman–Crippen MR) is 90.2 cm³/mol. The number of nitrogens with one attached hydrogen (secondary N) is 1. The van der Waals surface area contributed by atoms with Crippen molar-refractivity contribution in [3.63, 3.8) is 0 Å². The van der Waals surface area contributed by atoms with Gasteiger partial charge in [-0.3, -0.25) is 0 Å². The number of pyridine rings is 1. The summed E-state index contributed by atoms with van der Waals surface area (Å²) in [6.45, 7) is 9.50. The highest BCUT2D eigenvalue weighted by molar-refractivity contribution is 6.31. The van der Waals surface area contributed by atoms with Crippen molar-refractivity contribution in [1.29, 1.82) is 0 Å². The largest absolute Gasteiger partial charge is 0.357 e. The van der Waals surface area contributed by atoms with E-state index in [1.54, 1.807) is 0 Å². The van der Waals surface area contributed by atoms with Gasteiger partial charge in [0.2, 0.25) is 0 Å². The van der Waals surface area contributed by atoms with E-state index in [1.165, 1.54) is 25.9 Å². The first-order valence-corrected chi connectivity index (χ1v) is 8.34. The number of piperidine rings is 1. The fourth-order valence-electron chi connectivity index (χ4n) is 2.85. The molecule has 0 saturated carbocycles. The fourth-order valence-corrected chi connectivity index (χ4v) is 3.02. The van der Waals surface area contributed by atoms with E-state index >= 15 is 0 Å². The Hall–Kier alpha value is -0.840. The number of halogens is 1. The van der Waals surface area contributed by atoms with Crippen LogP contribution in [0.4, 0.5) is 5.82 Å². The summed E-state index contributed by atoms with van der Waals surface area (Å²) in [6.07, 6.45) is 2.41. The smallest absolute Gasteiger partial charge is 0.128 e. The van der Waals surface area contributed by atoms with E-state index in [4.69, 9.17) is 16.6 Å². The monoisotopic (exact) mass is 310 g/mol. The van der Waals surface area contributed by atoms with Crippen LogP contribution in [-0.4, -0.2) is 49.2 Å². The number of hydrogen-bond acceptors (Lipinski definition) is 4. The second-order valence-electron chi connectivity index (χ2n) is 5.65. The molecule has 21 heavy (non-hydrogen) atoms. The molecule has 0 spiro atoms. The average Bonchev–Trinajstić information content (AvgIpc) is 2.53. The van der Waals surface area contributed by atoms with Crippen molar-refractivity contribution < 1.29 is 0 Å². The molecule has 0 aromatic carbocycles. The van der Waals surface area contributed by atoms with Crippen molar-refractivity contribution in [2.75, 3.05) is 38.1 Å². The van der Waals surface area contributed by atoms with Gasteiger partial charge in [-0.1, -0.05) is 25.4 Å². The Bertz CT molecular complexity index is 444. The van der Waals surface area contributed by atoms with Crippen LogP contribution in [0.2, 0.25) is 5.02 Å². The highest BCUT2D eigenvalue weighted by Gasteiger charge is 2.22. The standard InChI is InChI=1S/C16H27ClN4/c1-4-18-12-15-14(17)6-7-16(19-15)20(3)13-8-10-21(5-2)11-9-13/h6-7,13,18H,4-5,8-12H2,1-3H3. The lowest BCUT2D eigenvalue weighted by atomic mass is 10.0. The molecule has 118 valence electrons. The summed E-state index contributed by atoms with van der Waals surface area (Å²) in [7, 11) is 2.15. The van der Waals surface area contributed by atoms with Gasteiger partial charge >= 0.3 is 0 Å². The first-order valence-electron chi connectivity index (χ1n) is 7.97. The van der Waals surface area contributed by atoms with Crippen LogP contribution in [0, 0.1) is 0 Å². The van der Waals surface area contributed by atoms with E-state index in [-0.39, 0.29) is 0 Å². The molecule has 4 nitrogen and oxygen atoms in total. The van der Waals surface area contributed by atoms with Crippen LogP contribution in [0.15, 0.2) is 12.1 Å². The second-order valence-corrected chi connectivity index (χ2v) is 6.06. The summed E-state index contributed by atoms with van der Waals surface area (Å²) < 4.78 is 0. The van der Waals surface area contributed by atoms with Gasteiger partial charge < -0.3 is 15.1 Å². The summed E-state index contributed by atoms with van der Waals surface area (Å²) in [5.74, 6) is 1.03. The average molecular weight is 311 g/mol. The van der Waals surface area contributed by atoms with Gasteiger partial charge in [0.15, 0.2) is 0 Å². The summed E-state index contributed by atoms with van der Waals surface area (Å²) in [6, 6.07) is 4.58. The summed E-state index contributed by atoms with van der Waals surface area (Å²) in [4.78, 5) is 9.57. The Labute approximate surface area is 133 Å². The van der Waals surface area contributed by atoms with Crippen LogP contribution >= 0.6 is 11.6 Å². The van der Waals surface area contributed by atoms with Crippen molar-refractivity contribution in [3.8, 4) is 0 Å². The highest BCUT2D eigenvalue weighted by Crippen LogP contribution is 2.23. The Kier molecular flexibility index (Phi) is 6.27. The molecular formula is C16H27ClN4. The Balaban J connectivity index is 2.03. The molecule has 0 amide bonds. The van der Waals surface area contributed by atoms with Gasteiger partial charge in [0, 0.05) is 32.7 Å². The predicted octanol–water partition coefficient (Wildman–Crippen LogP) is 2.77. The van der Waals surface area contributed by atoms with E-state index in [0.717, 1.165) is 36.2 Å². The minimum atomic E-state index is 0.577. The van der Waals surface area contributed by atoms with Gasteiger partial charge in [0.25, 0.3) is 0 Å². The topological polar surface area (TPSA) is 31.4 Å². The maximum atomic E-state index is 6.23. The zero-order valence-electron chi connectivity index (χ0n) is 13.4. The minimum absolute atomic E-state index is 0.577. The zero-order chi connectivity index (χ0) is 15.2. The molecule has 1 fully saturated rings. The van der Waals surface area contributed by atoms with Crippen molar-refractivity contribution in [2.24, 2.45) is 0 Å². The first-order chi connectivity index (χ1) is 10.2. The molecule has 2 heterocycles. The van der Waals surface area contributed by atoms with Crippen LogP contribution < -0.4 is 10.2 Å². The minimum Gasteiger partial charge on any atom is -0.357 e. The van der Waals surface area contributed by atoms with Crippen molar-refractivity contribution in [1.82, 2.24) is 15.2 Å². The highest BCUT2D eigenvalue weighted by atomic mass is 35.5. The second kappa shape index (κ2) is 7.97. The SMILES string of the molecule is CCNCc1nc(N(C)C2CCN(CC)CC2)ccc1Cl. The van der Waals surface area contributed by atoms with E-state index in [2.05, 4.69) is 36.0 Å². The lowest BCUT2D eigenvalue weighted by Crippen LogP contribution is -2.43. The van der Waals surface area contributed by atoms with Crippen molar-refractivity contribution >= 4 is 17.4 Å². The lowest BCUT2D eigenvalue weighted by molar-refractivity contribution is 0.220. The third-order valence-electron chi connectivity index (χ3n) is 4.36. The van der Waals surface area contributed by atoms with Gasteiger partial charge in [0.1, 0.15) is 5.82 Å². The molecule has 1 aromatic heterocycles. The molecule has 1 aromatic rings. The first kappa shape index (κ1) is 16.5. The molecule has 1 N–H and O–H groups in total. The molecule has 0 radical (unpaired) electrons. The normalized spacial score (nSPS) is 17.1. The summed E-state index contributed by atoms with van der Waals surface area (Å²) >= 11 is 6.23. The third-order valence-corrected chi connectivity index (χ3v) is 4.70. The number of aromatic nitrogens is 1. The van der Waals surface area contributed by atoms with Crippen molar-refractivity contribution in [2.45, 2.75) is 39.3 Å². The molecular weight excluding hydrogens is 284 g/mol. The van der Waals surface area contributed by atoms with E-state index in [0.29, 0.717) is 6.04 Å². The zero-order valence-corrected chi connectivity index (χ0v) is 14.2. The number of hydrogen-bond donors (Lipinski definition) is 1. The summed E-state index contributed by atoms with van der Waals surface area (Å²) in [5.41, 5.74) is 0.939. The maximum absolute atomic E-state index is 6.23. The van der Waals surface area contributed by atoms with Gasteiger partial charge in [-0.25, -0.2) is 4.98 Å². The number of likely N-dealkylation sites (tertiary alicyclic amines) is 1. The third kappa shape index (κ3) is 4.31. The lowest BCUT2D eigenvalue weighted by Gasteiger charge is -2.37. The van der Waals surface area contributed by atoms with Crippen LogP contribution in [0.25, 0.3) is 0 Å². The van der Waals surface area contributed by atoms with Gasteiger partial charge in [-0.15, -0.1) is 0 Å². The Morgan fingerprint density at radius 2 is 2.05 bits per heavy atom. The molecule has 1 aliphatic rings. The fraction of sp³-hybridized carbons (Fsp3) is 0.688. The van der Waals surface area contributed by atoms with Crippen LogP contribution in [0.1, 0.15) is 32.4 Å². The van der Waals surface area contributed by atoms with Gasteiger partial charge in [-0.2, -0.15) is 0 Å². The Morgan fingerprint density at radius 3 is 2.67 bits per heavy atom. The van der Waals surface area contributed by atoms with Crippen LogP contribution in [-0.2, 0) is 6.54 Å². The van der Waals surface area contributed by atoms with Crippen LogP contribution in [0.5, 0.6) is 0 Å². The van der Waals surface area contributed by atoms with Gasteiger partial charge in [-0.05, 0) is 38.1 Å². The molecule has 5 heteroatoms. The van der Waals surface area contributed by atoms with E-state index in [9.17, 15) is 0 Å². The molecule has 0 bridgehead atoms. The van der Waals surface area contributed by atoms with E-state index < -0.39 is 0 Å². The van der Waals surface area contributed by atoms with Gasteiger partial charge in [0.05, 0.1) is 10.7 Å². The molecule has 1 saturated heterocycles. The Morgan fingerprint density at radius 1 is 1.33 bits per heavy atom. The number of nitrogens with zero attached hydrogens (tertiary/aromatic N) is 3. The van der Waals surface area contributed by atoms with Crippen LogP contribution in [0.3, 0.4) is 0 Å². The molecule has 1 aliphatic heterocycles. The van der Waals surface area contributed by atoms with Crippen molar-refractivity contribution in [3.05, 3.63) is 22.8 Å². The molecule has 0 unspecified atom stereocenters.